The number of unbranched alkanes of at least 4 members (excludes halogenated alkanes) is 1. The predicted molar refractivity (Wildman–Crippen MR) is 214 cm³/mol. The summed E-state index contributed by atoms with van der Waals surface area (Å²) in [5.74, 6) is -4.61. The number of nitrogens with one attached hydrogen (secondary N) is 5. The summed E-state index contributed by atoms with van der Waals surface area (Å²) >= 11 is 0. The molecule has 328 valence electrons. The second-order valence-corrected chi connectivity index (χ2v) is 15.0. The third-order valence-corrected chi connectivity index (χ3v) is 9.69. The first-order chi connectivity index (χ1) is 28.2. The van der Waals surface area contributed by atoms with Crippen LogP contribution in [0.15, 0.2) is 42.9 Å². The van der Waals surface area contributed by atoms with Crippen LogP contribution in [0.5, 0.6) is 0 Å². The number of hydrogen-bond donors (Lipinski definition) is 8. The molecule has 0 unspecified atom stereocenters. The number of aromatic amines is 1. The SMILES string of the molecule is COCCOCCC(=O)N1C[C@H](OCCCCc2ccccc2)C[C@H]1C(=O)N[C@@H](CC(C)C)C(=O)N[C@@H](Cc1cnc[nH]1)C(=O)N[C@@H](CO)C(=O)N[C@H](C(N)=O)[C@@H](C)O. The standard InChI is InChI=1S/C40H62N8O11/c1-25(2)18-30(37(53)44-31(19-28-21-42-24-43-28)38(54)46-32(23-49)39(55)47-35(26(3)50)36(41)52)45-40(56)33-20-29(22-48(33)34(51)13-15-58-17-16-57-4)59-14-9-8-12-27-10-6-5-7-11-27/h5-7,10-11,21,24-26,29-33,35,49-50H,8-9,12-20,22-23H2,1-4H3,(H2,41,52)(H,42,43)(H,44,53)(H,45,56)(H,46,54)(H,47,55)/t26-,29-,30+,31+,32+,33+,35+/m1/s1. The van der Waals surface area contributed by atoms with Crippen LogP contribution in [-0.4, -0.2) is 150 Å². The molecule has 0 radical (unpaired) electrons. The number of hydrogen-bond acceptors (Lipinski definition) is 12. The molecule has 1 aliphatic heterocycles. The van der Waals surface area contributed by atoms with Crippen molar-refractivity contribution in [2.24, 2.45) is 11.7 Å². The Morgan fingerprint density at radius 2 is 1.61 bits per heavy atom. The first kappa shape index (κ1) is 48.4. The Hall–Kier alpha value is -4.95. The highest BCUT2D eigenvalue weighted by molar-refractivity contribution is 5.96. The van der Waals surface area contributed by atoms with Gasteiger partial charge < -0.3 is 61.3 Å². The predicted octanol–water partition coefficient (Wildman–Crippen LogP) is -1.14. The summed E-state index contributed by atoms with van der Waals surface area (Å²) in [5.41, 5.74) is 6.94. The van der Waals surface area contributed by atoms with Gasteiger partial charge in [-0.2, -0.15) is 0 Å². The van der Waals surface area contributed by atoms with Gasteiger partial charge in [-0.1, -0.05) is 44.2 Å². The summed E-state index contributed by atoms with van der Waals surface area (Å²) < 4.78 is 16.7. The van der Waals surface area contributed by atoms with E-state index in [4.69, 9.17) is 19.9 Å². The van der Waals surface area contributed by atoms with Crippen LogP contribution in [-0.2, 0) is 55.8 Å². The van der Waals surface area contributed by atoms with E-state index in [2.05, 4.69) is 43.4 Å². The zero-order valence-electron chi connectivity index (χ0n) is 34.4. The third-order valence-electron chi connectivity index (χ3n) is 9.69. The van der Waals surface area contributed by atoms with Crippen molar-refractivity contribution in [3.63, 3.8) is 0 Å². The van der Waals surface area contributed by atoms with Gasteiger partial charge in [-0.15, -0.1) is 0 Å². The summed E-state index contributed by atoms with van der Waals surface area (Å²) in [7, 11) is 1.54. The Kier molecular flexibility index (Phi) is 20.9. The number of aromatic nitrogens is 2. The number of nitrogens with zero attached hydrogens (tertiary/aromatic N) is 2. The van der Waals surface area contributed by atoms with Gasteiger partial charge in [-0.05, 0) is 44.1 Å². The maximum atomic E-state index is 14.1. The minimum atomic E-state index is -1.59. The molecule has 1 aromatic carbocycles. The van der Waals surface area contributed by atoms with Crippen LogP contribution in [0.25, 0.3) is 0 Å². The summed E-state index contributed by atoms with van der Waals surface area (Å²) in [4.78, 5) is 88.1. The lowest BCUT2D eigenvalue weighted by Gasteiger charge is -2.28. The van der Waals surface area contributed by atoms with Gasteiger partial charge in [0, 0.05) is 45.0 Å². The molecule has 7 atom stereocenters. The Morgan fingerprint density at radius 3 is 2.24 bits per heavy atom. The molecule has 9 N–H and O–H groups in total. The number of ether oxygens (including phenoxy) is 3. The van der Waals surface area contributed by atoms with Crippen LogP contribution in [0.4, 0.5) is 0 Å². The Bertz CT molecular complexity index is 1610. The van der Waals surface area contributed by atoms with E-state index in [-0.39, 0.29) is 50.7 Å². The number of carbonyl (C=O) groups excluding carboxylic acids is 6. The number of aliphatic hydroxyl groups excluding tert-OH is 2. The number of amides is 6. The molecule has 1 saturated heterocycles. The lowest BCUT2D eigenvalue weighted by Crippen LogP contribution is -2.61. The van der Waals surface area contributed by atoms with Gasteiger partial charge in [0.1, 0.15) is 30.2 Å². The Labute approximate surface area is 344 Å². The van der Waals surface area contributed by atoms with Crippen LogP contribution in [0.2, 0.25) is 0 Å². The van der Waals surface area contributed by atoms with Crippen molar-refractivity contribution in [2.75, 3.05) is 46.7 Å². The lowest BCUT2D eigenvalue weighted by atomic mass is 10.0. The highest BCUT2D eigenvalue weighted by atomic mass is 16.5. The third kappa shape index (κ3) is 16.7. The summed E-state index contributed by atoms with van der Waals surface area (Å²) in [6.45, 7) is 5.47. The van der Waals surface area contributed by atoms with E-state index in [1.807, 2.05) is 32.0 Å². The molecule has 6 amide bonds. The van der Waals surface area contributed by atoms with E-state index >= 15 is 0 Å². The number of benzene rings is 1. The number of primary amides is 1. The van der Waals surface area contributed by atoms with Crippen molar-refractivity contribution in [1.29, 1.82) is 0 Å². The minimum Gasteiger partial charge on any atom is -0.394 e. The van der Waals surface area contributed by atoms with Gasteiger partial charge >= 0.3 is 0 Å². The Balaban J connectivity index is 1.74. The smallest absolute Gasteiger partial charge is 0.245 e. The molecule has 19 nitrogen and oxygen atoms in total. The fourth-order valence-electron chi connectivity index (χ4n) is 6.53. The number of imidazole rings is 1. The Morgan fingerprint density at radius 1 is 0.915 bits per heavy atom. The topological polar surface area (TPSA) is 277 Å². The number of rotatable bonds is 27. The largest absolute Gasteiger partial charge is 0.394 e. The molecule has 1 aliphatic rings. The van der Waals surface area contributed by atoms with Gasteiger partial charge in [0.15, 0.2) is 0 Å². The maximum absolute atomic E-state index is 14.1. The van der Waals surface area contributed by atoms with Crippen molar-refractivity contribution >= 4 is 35.4 Å². The number of H-pyrrole nitrogens is 1. The highest BCUT2D eigenvalue weighted by Crippen LogP contribution is 2.23. The number of carbonyl (C=O) groups is 6. The van der Waals surface area contributed by atoms with E-state index < -0.39 is 78.6 Å². The minimum absolute atomic E-state index is 0.0205. The van der Waals surface area contributed by atoms with Crippen molar-refractivity contribution < 1.29 is 53.2 Å². The summed E-state index contributed by atoms with van der Waals surface area (Å²) in [6.07, 6.45) is 3.88. The normalized spacial score (nSPS) is 17.7. The zero-order chi connectivity index (χ0) is 43.3. The molecule has 19 heteroatoms. The molecule has 3 rings (SSSR count). The molecule has 2 heterocycles. The monoisotopic (exact) mass is 830 g/mol. The molecule has 0 saturated carbocycles. The highest BCUT2D eigenvalue weighted by Gasteiger charge is 2.41. The van der Waals surface area contributed by atoms with Crippen molar-refractivity contribution in [1.82, 2.24) is 36.1 Å². The number of methoxy groups -OCH3 is 1. The summed E-state index contributed by atoms with van der Waals surface area (Å²) in [5, 5.41) is 29.9. The molecule has 59 heavy (non-hydrogen) atoms. The van der Waals surface area contributed by atoms with Crippen LogP contribution in [0.1, 0.15) is 64.1 Å². The van der Waals surface area contributed by atoms with E-state index in [1.54, 1.807) is 7.11 Å². The number of aliphatic hydroxyl groups is 2. The average Bonchev–Trinajstić information content (AvgIpc) is 3.88. The quantitative estimate of drug-likeness (QED) is 0.0497. The van der Waals surface area contributed by atoms with Gasteiger partial charge in [0.2, 0.25) is 35.4 Å². The van der Waals surface area contributed by atoms with Crippen molar-refractivity contribution in [3.05, 3.63) is 54.1 Å². The van der Waals surface area contributed by atoms with Crippen LogP contribution in [0, 0.1) is 5.92 Å². The molecular formula is C40H62N8O11. The molecule has 1 fully saturated rings. The molecular weight excluding hydrogens is 768 g/mol. The van der Waals surface area contributed by atoms with Gasteiger partial charge in [-0.3, -0.25) is 28.8 Å². The van der Waals surface area contributed by atoms with Gasteiger partial charge in [-0.25, -0.2) is 4.98 Å². The van der Waals surface area contributed by atoms with E-state index in [1.165, 1.54) is 29.9 Å². The molecule has 0 aliphatic carbocycles. The molecule has 1 aromatic heterocycles. The number of aryl methyl sites for hydroxylation is 1. The van der Waals surface area contributed by atoms with E-state index in [9.17, 15) is 39.0 Å². The first-order valence-electron chi connectivity index (χ1n) is 20.0. The van der Waals surface area contributed by atoms with Crippen molar-refractivity contribution in [3.8, 4) is 0 Å². The maximum Gasteiger partial charge on any atom is 0.245 e. The van der Waals surface area contributed by atoms with Gasteiger partial charge in [0.25, 0.3) is 0 Å². The number of nitrogens with two attached hydrogens (primary N) is 1. The number of likely N-dealkylation sites (tertiary alicyclic amines) is 1. The molecule has 0 spiro atoms. The van der Waals surface area contributed by atoms with Crippen LogP contribution >= 0.6 is 0 Å². The fraction of sp³-hybridized carbons (Fsp3) is 0.625. The molecule has 0 bridgehead atoms. The van der Waals surface area contributed by atoms with Crippen molar-refractivity contribution in [2.45, 2.75) is 108 Å². The first-order valence-corrected chi connectivity index (χ1v) is 20.0. The summed E-state index contributed by atoms with van der Waals surface area (Å²) in [6, 6.07) is 3.58. The van der Waals surface area contributed by atoms with Crippen LogP contribution < -0.4 is 27.0 Å². The van der Waals surface area contributed by atoms with Gasteiger partial charge in [0.05, 0.1) is 51.4 Å². The van der Waals surface area contributed by atoms with E-state index in [0.29, 0.717) is 25.5 Å². The second kappa shape index (κ2) is 25.5. The zero-order valence-corrected chi connectivity index (χ0v) is 34.4. The average molecular weight is 831 g/mol. The van der Waals surface area contributed by atoms with E-state index in [0.717, 1.165) is 19.3 Å². The molecule has 2 aromatic rings. The fourth-order valence-corrected chi connectivity index (χ4v) is 6.53. The van der Waals surface area contributed by atoms with Crippen LogP contribution in [0.3, 0.4) is 0 Å². The lowest BCUT2D eigenvalue weighted by molar-refractivity contribution is -0.140. The second-order valence-electron chi connectivity index (χ2n) is 15.0.